The van der Waals surface area contributed by atoms with Gasteiger partial charge in [0, 0.05) is 12.2 Å². The predicted octanol–water partition coefficient (Wildman–Crippen LogP) is 3.96. The van der Waals surface area contributed by atoms with Crippen LogP contribution in [0.2, 0.25) is 0 Å². The number of aromatic nitrogens is 1. The third kappa shape index (κ3) is 4.23. The molecular formula is C16H18F2N2O. The Kier molecular flexibility index (Phi) is 5.22. The summed E-state index contributed by atoms with van der Waals surface area (Å²) >= 11 is 0. The van der Waals surface area contributed by atoms with Gasteiger partial charge in [0.1, 0.15) is 5.75 Å². The number of ether oxygens (including phenoxy) is 1. The van der Waals surface area contributed by atoms with Crippen molar-refractivity contribution in [3.05, 3.63) is 53.4 Å². The highest BCUT2D eigenvalue weighted by Crippen LogP contribution is 2.28. The highest BCUT2D eigenvalue weighted by atomic mass is 19.1. The van der Waals surface area contributed by atoms with E-state index in [1.54, 1.807) is 12.1 Å². The molecule has 0 aliphatic heterocycles. The number of benzene rings is 1. The van der Waals surface area contributed by atoms with Crippen LogP contribution in [0.15, 0.2) is 30.5 Å². The fraction of sp³-hybridized carbons (Fsp3) is 0.312. The van der Waals surface area contributed by atoms with Crippen LogP contribution in [0, 0.1) is 18.6 Å². The lowest BCUT2D eigenvalue weighted by Gasteiger charge is -2.10. The number of aryl methyl sites for hydroxylation is 1. The molecule has 3 nitrogen and oxygen atoms in total. The van der Waals surface area contributed by atoms with Crippen molar-refractivity contribution >= 4 is 0 Å². The molecule has 0 spiro atoms. The van der Waals surface area contributed by atoms with Gasteiger partial charge >= 0.3 is 0 Å². The van der Waals surface area contributed by atoms with E-state index in [1.807, 2.05) is 13.8 Å². The first-order valence-corrected chi connectivity index (χ1v) is 6.89. The number of hydrogen-bond acceptors (Lipinski definition) is 3. The van der Waals surface area contributed by atoms with E-state index in [-0.39, 0.29) is 0 Å². The molecule has 0 aliphatic rings. The second-order valence-corrected chi connectivity index (χ2v) is 4.80. The molecule has 1 heterocycles. The van der Waals surface area contributed by atoms with Crippen molar-refractivity contribution in [2.45, 2.75) is 26.8 Å². The molecule has 0 aliphatic carbocycles. The van der Waals surface area contributed by atoms with Gasteiger partial charge in [-0.15, -0.1) is 0 Å². The molecule has 2 aromatic rings. The normalized spacial score (nSPS) is 10.7. The van der Waals surface area contributed by atoms with E-state index < -0.39 is 17.4 Å². The topological polar surface area (TPSA) is 34.1 Å². The van der Waals surface area contributed by atoms with Gasteiger partial charge in [0.25, 0.3) is 0 Å². The van der Waals surface area contributed by atoms with E-state index in [0.717, 1.165) is 18.7 Å². The Morgan fingerprint density at radius 2 is 1.90 bits per heavy atom. The van der Waals surface area contributed by atoms with Crippen LogP contribution in [0.1, 0.15) is 24.6 Å². The first kappa shape index (κ1) is 15.4. The minimum atomic E-state index is -0.719. The Morgan fingerprint density at radius 3 is 2.48 bits per heavy atom. The van der Waals surface area contributed by atoms with Gasteiger partial charge in [0.05, 0.1) is 6.20 Å². The van der Waals surface area contributed by atoms with Crippen molar-refractivity contribution in [1.29, 1.82) is 0 Å². The van der Waals surface area contributed by atoms with Crippen molar-refractivity contribution in [2.24, 2.45) is 0 Å². The van der Waals surface area contributed by atoms with Crippen LogP contribution < -0.4 is 10.1 Å². The molecule has 0 radical (unpaired) electrons. The zero-order valence-electron chi connectivity index (χ0n) is 12.1. The van der Waals surface area contributed by atoms with Crippen molar-refractivity contribution in [3.63, 3.8) is 0 Å². The highest BCUT2D eigenvalue weighted by molar-refractivity contribution is 5.35. The number of rotatable bonds is 6. The molecule has 5 heteroatoms. The number of nitrogens with zero attached hydrogens (tertiary/aromatic N) is 1. The molecule has 1 aromatic heterocycles. The van der Waals surface area contributed by atoms with Crippen LogP contribution in [-0.4, -0.2) is 11.5 Å². The van der Waals surface area contributed by atoms with Crippen LogP contribution >= 0.6 is 0 Å². The summed E-state index contributed by atoms with van der Waals surface area (Å²) in [6.07, 6.45) is 2.40. The molecule has 2 rings (SSSR count). The van der Waals surface area contributed by atoms with Crippen LogP contribution in [0.5, 0.6) is 11.5 Å². The lowest BCUT2D eigenvalue weighted by molar-refractivity contribution is 0.404. The summed E-state index contributed by atoms with van der Waals surface area (Å²) < 4.78 is 33.2. The van der Waals surface area contributed by atoms with Crippen LogP contribution in [0.4, 0.5) is 8.78 Å². The number of nitrogens with one attached hydrogen (secondary N) is 1. The molecule has 0 unspecified atom stereocenters. The van der Waals surface area contributed by atoms with E-state index in [9.17, 15) is 8.78 Å². The maximum atomic E-state index is 14.0. The monoisotopic (exact) mass is 292 g/mol. The lowest BCUT2D eigenvalue weighted by atomic mass is 10.2. The SMILES string of the molecule is CCCNCc1cc(F)c(Oc2ccc(C)nc2)c(F)c1. The largest absolute Gasteiger partial charge is 0.450 e. The molecule has 0 amide bonds. The van der Waals surface area contributed by atoms with Gasteiger partial charge in [-0.25, -0.2) is 8.78 Å². The molecule has 0 fully saturated rings. The summed E-state index contributed by atoms with van der Waals surface area (Å²) in [7, 11) is 0. The lowest BCUT2D eigenvalue weighted by Crippen LogP contribution is -2.14. The Morgan fingerprint density at radius 1 is 1.19 bits per heavy atom. The highest BCUT2D eigenvalue weighted by Gasteiger charge is 2.13. The van der Waals surface area contributed by atoms with Gasteiger partial charge < -0.3 is 10.1 Å². The van der Waals surface area contributed by atoms with E-state index >= 15 is 0 Å². The van der Waals surface area contributed by atoms with Crippen LogP contribution in [0.25, 0.3) is 0 Å². The Bertz CT molecular complexity index is 577. The average Bonchev–Trinajstić information content (AvgIpc) is 2.45. The summed E-state index contributed by atoms with van der Waals surface area (Å²) in [5.74, 6) is -1.54. The van der Waals surface area contributed by atoms with E-state index in [1.165, 1.54) is 18.3 Å². The second-order valence-electron chi connectivity index (χ2n) is 4.80. The standard InChI is InChI=1S/C16H18F2N2O/c1-3-6-19-9-12-7-14(17)16(15(18)8-12)21-13-5-4-11(2)20-10-13/h4-5,7-8,10,19H,3,6,9H2,1-2H3. The van der Waals surface area contributed by atoms with E-state index in [2.05, 4.69) is 10.3 Å². The van der Waals surface area contributed by atoms with E-state index in [0.29, 0.717) is 17.9 Å². The molecule has 0 bridgehead atoms. The predicted molar refractivity (Wildman–Crippen MR) is 77.4 cm³/mol. The summed E-state index contributed by atoms with van der Waals surface area (Å²) in [6, 6.07) is 5.90. The van der Waals surface area contributed by atoms with Gasteiger partial charge in [0.2, 0.25) is 0 Å². The Balaban J connectivity index is 2.14. The molecule has 0 atom stereocenters. The molecule has 0 saturated heterocycles. The van der Waals surface area contributed by atoms with Crippen molar-refractivity contribution in [1.82, 2.24) is 10.3 Å². The van der Waals surface area contributed by atoms with Gasteiger partial charge in [-0.05, 0) is 49.7 Å². The minimum absolute atomic E-state index is 0.301. The van der Waals surface area contributed by atoms with Gasteiger partial charge in [0.15, 0.2) is 17.4 Å². The zero-order chi connectivity index (χ0) is 15.2. The maximum absolute atomic E-state index is 14.0. The van der Waals surface area contributed by atoms with Gasteiger partial charge in [-0.1, -0.05) is 6.92 Å². The Hall–Kier alpha value is -2.01. The summed E-state index contributed by atoms with van der Waals surface area (Å²) in [5, 5.41) is 3.10. The molecule has 21 heavy (non-hydrogen) atoms. The van der Waals surface area contributed by atoms with Crippen molar-refractivity contribution < 1.29 is 13.5 Å². The summed E-state index contributed by atoms with van der Waals surface area (Å²) in [4.78, 5) is 4.02. The quantitative estimate of drug-likeness (QED) is 0.818. The third-order valence-corrected chi connectivity index (χ3v) is 2.92. The summed E-state index contributed by atoms with van der Waals surface area (Å²) in [5.41, 5.74) is 1.36. The third-order valence-electron chi connectivity index (χ3n) is 2.92. The minimum Gasteiger partial charge on any atom is -0.450 e. The van der Waals surface area contributed by atoms with Gasteiger partial charge in [-0.3, -0.25) is 4.98 Å². The number of hydrogen-bond donors (Lipinski definition) is 1. The summed E-state index contributed by atoms with van der Waals surface area (Å²) in [6.45, 7) is 5.08. The van der Waals surface area contributed by atoms with Crippen molar-refractivity contribution in [2.75, 3.05) is 6.54 Å². The molecular weight excluding hydrogens is 274 g/mol. The van der Waals surface area contributed by atoms with Crippen LogP contribution in [-0.2, 0) is 6.54 Å². The molecule has 0 saturated carbocycles. The average molecular weight is 292 g/mol. The maximum Gasteiger partial charge on any atom is 0.198 e. The number of pyridine rings is 1. The number of halogens is 2. The second kappa shape index (κ2) is 7.13. The molecule has 1 N–H and O–H groups in total. The first-order valence-electron chi connectivity index (χ1n) is 6.89. The molecule has 112 valence electrons. The van der Waals surface area contributed by atoms with Gasteiger partial charge in [-0.2, -0.15) is 0 Å². The zero-order valence-corrected chi connectivity index (χ0v) is 12.1. The smallest absolute Gasteiger partial charge is 0.198 e. The molecule has 1 aromatic carbocycles. The fourth-order valence-corrected chi connectivity index (χ4v) is 1.85. The van der Waals surface area contributed by atoms with E-state index in [4.69, 9.17) is 4.74 Å². The van der Waals surface area contributed by atoms with Crippen LogP contribution in [0.3, 0.4) is 0 Å². The van der Waals surface area contributed by atoms with Crippen molar-refractivity contribution in [3.8, 4) is 11.5 Å². The first-order chi connectivity index (χ1) is 10.1. The Labute approximate surface area is 123 Å². The fourth-order valence-electron chi connectivity index (χ4n) is 1.85.